The first kappa shape index (κ1) is 10.5. The van der Waals surface area contributed by atoms with Gasteiger partial charge in [0.15, 0.2) is 0 Å². The van der Waals surface area contributed by atoms with Gasteiger partial charge in [-0.2, -0.15) is 0 Å². The van der Waals surface area contributed by atoms with Crippen molar-refractivity contribution < 1.29 is 4.74 Å². The van der Waals surface area contributed by atoms with E-state index in [-0.39, 0.29) is 0 Å². The van der Waals surface area contributed by atoms with Crippen molar-refractivity contribution in [2.24, 2.45) is 0 Å². The number of aryl methyl sites for hydroxylation is 1. The molecule has 0 bridgehead atoms. The lowest BCUT2D eigenvalue weighted by Crippen LogP contribution is -1.88. The van der Waals surface area contributed by atoms with E-state index in [9.17, 15) is 0 Å². The van der Waals surface area contributed by atoms with Crippen LogP contribution in [-0.4, -0.2) is 12.9 Å². The van der Waals surface area contributed by atoms with Gasteiger partial charge in [-0.1, -0.05) is 19.9 Å². The summed E-state index contributed by atoms with van der Waals surface area (Å²) in [6.45, 7) is 4.35. The van der Waals surface area contributed by atoms with Crippen LogP contribution in [0.4, 0.5) is 0 Å². The molecule has 0 saturated carbocycles. The van der Waals surface area contributed by atoms with Crippen molar-refractivity contribution in [3.63, 3.8) is 0 Å². The highest BCUT2D eigenvalue weighted by molar-refractivity contribution is 7.99. The number of benzene rings is 1. The van der Waals surface area contributed by atoms with E-state index >= 15 is 0 Å². The Bertz CT molecular complexity index is 271. The third-order valence-corrected chi connectivity index (χ3v) is 2.93. The number of methoxy groups -OCH3 is 1. The zero-order valence-corrected chi connectivity index (χ0v) is 9.28. The summed E-state index contributed by atoms with van der Waals surface area (Å²) in [6.07, 6.45) is 1.09. The molecule has 0 unspecified atom stereocenters. The van der Waals surface area contributed by atoms with Crippen LogP contribution in [0.15, 0.2) is 23.1 Å². The Morgan fingerprint density at radius 1 is 1.31 bits per heavy atom. The number of rotatable bonds is 4. The Balaban J connectivity index is 2.95. The maximum atomic E-state index is 5.19. The molecule has 0 amide bonds. The Morgan fingerprint density at radius 3 is 2.62 bits per heavy atom. The number of thioether (sulfide) groups is 1. The van der Waals surface area contributed by atoms with Gasteiger partial charge < -0.3 is 4.74 Å². The van der Waals surface area contributed by atoms with Crippen LogP contribution in [0.25, 0.3) is 0 Å². The van der Waals surface area contributed by atoms with Crippen molar-refractivity contribution in [2.45, 2.75) is 25.2 Å². The van der Waals surface area contributed by atoms with Crippen molar-refractivity contribution >= 4 is 11.8 Å². The lowest BCUT2D eigenvalue weighted by Gasteiger charge is -2.08. The van der Waals surface area contributed by atoms with E-state index in [1.54, 1.807) is 7.11 Å². The van der Waals surface area contributed by atoms with Crippen LogP contribution in [-0.2, 0) is 6.42 Å². The lowest BCUT2D eigenvalue weighted by molar-refractivity contribution is 0.413. The summed E-state index contributed by atoms with van der Waals surface area (Å²) in [5.74, 6) is 2.06. The SMILES string of the molecule is CCSc1cc(OC)ccc1CC. The molecule has 1 nitrogen and oxygen atoms in total. The molecule has 72 valence electrons. The first-order chi connectivity index (χ1) is 6.31. The van der Waals surface area contributed by atoms with Crippen LogP contribution in [0.1, 0.15) is 19.4 Å². The molecule has 0 spiro atoms. The Labute approximate surface area is 84.5 Å². The molecule has 0 heterocycles. The maximum absolute atomic E-state index is 5.19. The predicted octanol–water partition coefficient (Wildman–Crippen LogP) is 3.37. The molecule has 0 aromatic heterocycles. The van der Waals surface area contributed by atoms with Gasteiger partial charge in [-0.25, -0.2) is 0 Å². The van der Waals surface area contributed by atoms with Crippen LogP contribution in [0.2, 0.25) is 0 Å². The summed E-state index contributed by atoms with van der Waals surface area (Å²) in [5, 5.41) is 0. The van der Waals surface area contributed by atoms with E-state index in [0.29, 0.717) is 0 Å². The van der Waals surface area contributed by atoms with Crippen LogP contribution in [0.5, 0.6) is 5.75 Å². The molecule has 0 aliphatic carbocycles. The number of hydrogen-bond acceptors (Lipinski definition) is 2. The van der Waals surface area contributed by atoms with Gasteiger partial charge in [0.25, 0.3) is 0 Å². The lowest BCUT2D eigenvalue weighted by atomic mass is 10.2. The molecule has 0 aliphatic heterocycles. The quantitative estimate of drug-likeness (QED) is 0.683. The van der Waals surface area contributed by atoms with Gasteiger partial charge >= 0.3 is 0 Å². The van der Waals surface area contributed by atoms with Gasteiger partial charge in [0.1, 0.15) is 5.75 Å². The summed E-state index contributed by atoms with van der Waals surface area (Å²) in [7, 11) is 1.71. The van der Waals surface area contributed by atoms with E-state index in [2.05, 4.69) is 26.0 Å². The second-order valence-corrected chi connectivity index (χ2v) is 4.07. The van der Waals surface area contributed by atoms with Gasteiger partial charge in [-0.3, -0.25) is 0 Å². The van der Waals surface area contributed by atoms with Crippen molar-refractivity contribution in [1.82, 2.24) is 0 Å². The van der Waals surface area contributed by atoms with E-state index in [1.807, 2.05) is 17.8 Å². The Morgan fingerprint density at radius 2 is 2.08 bits per heavy atom. The molecular formula is C11H16OS. The normalized spacial score (nSPS) is 10.1. The minimum absolute atomic E-state index is 0.952. The number of ether oxygens (including phenoxy) is 1. The first-order valence-electron chi connectivity index (χ1n) is 4.61. The average Bonchev–Trinajstić information content (AvgIpc) is 2.18. The monoisotopic (exact) mass is 196 g/mol. The summed E-state index contributed by atoms with van der Waals surface area (Å²) >= 11 is 1.88. The van der Waals surface area contributed by atoms with Gasteiger partial charge in [-0.15, -0.1) is 11.8 Å². The fourth-order valence-corrected chi connectivity index (χ4v) is 2.15. The highest BCUT2D eigenvalue weighted by Gasteiger charge is 2.01. The molecule has 0 N–H and O–H groups in total. The van der Waals surface area contributed by atoms with Crippen LogP contribution in [0, 0.1) is 0 Å². The molecule has 2 heteroatoms. The minimum Gasteiger partial charge on any atom is -0.497 e. The third kappa shape index (κ3) is 2.66. The van der Waals surface area contributed by atoms with E-state index in [1.165, 1.54) is 10.5 Å². The second kappa shape index (κ2) is 5.18. The van der Waals surface area contributed by atoms with Crippen LogP contribution < -0.4 is 4.74 Å². The summed E-state index contributed by atoms with van der Waals surface area (Å²) in [4.78, 5) is 1.35. The van der Waals surface area contributed by atoms with Crippen molar-refractivity contribution in [2.75, 3.05) is 12.9 Å². The van der Waals surface area contributed by atoms with E-state index in [4.69, 9.17) is 4.74 Å². The Kier molecular flexibility index (Phi) is 4.16. The van der Waals surface area contributed by atoms with Crippen molar-refractivity contribution in [3.05, 3.63) is 23.8 Å². The summed E-state index contributed by atoms with van der Waals surface area (Å²) in [5.41, 5.74) is 1.41. The average molecular weight is 196 g/mol. The molecule has 0 atom stereocenters. The van der Waals surface area contributed by atoms with E-state index in [0.717, 1.165) is 17.9 Å². The Hall–Kier alpha value is -0.630. The zero-order valence-electron chi connectivity index (χ0n) is 8.46. The largest absolute Gasteiger partial charge is 0.497 e. The molecule has 1 aromatic rings. The number of hydrogen-bond donors (Lipinski definition) is 0. The molecule has 0 aliphatic rings. The molecule has 0 saturated heterocycles. The van der Waals surface area contributed by atoms with Crippen molar-refractivity contribution in [3.8, 4) is 5.75 Å². The third-order valence-electron chi connectivity index (χ3n) is 1.96. The smallest absolute Gasteiger partial charge is 0.119 e. The standard InChI is InChI=1S/C11H16OS/c1-4-9-6-7-10(12-3)8-11(9)13-5-2/h6-8H,4-5H2,1-3H3. The highest BCUT2D eigenvalue weighted by atomic mass is 32.2. The molecular weight excluding hydrogens is 180 g/mol. The van der Waals surface area contributed by atoms with E-state index < -0.39 is 0 Å². The summed E-state index contributed by atoms with van der Waals surface area (Å²) in [6, 6.07) is 6.29. The van der Waals surface area contributed by atoms with Gasteiger partial charge in [-0.05, 0) is 29.9 Å². The molecule has 0 fully saturated rings. The highest BCUT2D eigenvalue weighted by Crippen LogP contribution is 2.27. The predicted molar refractivity (Wildman–Crippen MR) is 58.8 cm³/mol. The second-order valence-electron chi connectivity index (χ2n) is 2.76. The van der Waals surface area contributed by atoms with Crippen LogP contribution in [0.3, 0.4) is 0 Å². The van der Waals surface area contributed by atoms with Gasteiger partial charge in [0, 0.05) is 4.90 Å². The van der Waals surface area contributed by atoms with Crippen LogP contribution >= 0.6 is 11.8 Å². The summed E-state index contributed by atoms with van der Waals surface area (Å²) < 4.78 is 5.19. The first-order valence-corrected chi connectivity index (χ1v) is 5.60. The maximum Gasteiger partial charge on any atom is 0.119 e. The van der Waals surface area contributed by atoms with Crippen molar-refractivity contribution in [1.29, 1.82) is 0 Å². The topological polar surface area (TPSA) is 9.23 Å². The fraction of sp³-hybridized carbons (Fsp3) is 0.455. The zero-order chi connectivity index (χ0) is 9.68. The molecule has 13 heavy (non-hydrogen) atoms. The molecule has 1 aromatic carbocycles. The van der Waals surface area contributed by atoms with Gasteiger partial charge in [0.2, 0.25) is 0 Å². The molecule has 0 radical (unpaired) electrons. The minimum atomic E-state index is 0.952. The fourth-order valence-electron chi connectivity index (χ4n) is 1.24. The van der Waals surface area contributed by atoms with Gasteiger partial charge in [0.05, 0.1) is 7.11 Å². The molecule has 1 rings (SSSR count).